The summed E-state index contributed by atoms with van der Waals surface area (Å²) in [4.78, 5) is 24.0. The van der Waals surface area contributed by atoms with Gasteiger partial charge in [0.05, 0.1) is 23.5 Å². The van der Waals surface area contributed by atoms with Crippen LogP contribution < -0.4 is 15.2 Å². The first-order valence-corrected chi connectivity index (χ1v) is 8.09. The van der Waals surface area contributed by atoms with E-state index in [1.54, 1.807) is 6.07 Å². The first-order chi connectivity index (χ1) is 13.0. The fourth-order valence-corrected chi connectivity index (χ4v) is 2.47. The molecule has 2 heterocycles. The zero-order valence-corrected chi connectivity index (χ0v) is 14.9. The van der Waals surface area contributed by atoms with E-state index < -0.39 is 17.8 Å². The average Bonchev–Trinajstić information content (AvgIpc) is 2.67. The Kier molecular flexibility index (Phi) is 5.46. The Morgan fingerprint density at radius 2 is 2.00 bits per heavy atom. The molecule has 1 amide bonds. The van der Waals surface area contributed by atoms with Crippen LogP contribution in [0.1, 0.15) is 11.8 Å². The molecule has 0 aliphatic heterocycles. The molecule has 1 unspecified atom stereocenters. The van der Waals surface area contributed by atoms with Gasteiger partial charge in [0.1, 0.15) is 17.9 Å². The molecule has 3 rings (SSSR count). The lowest BCUT2D eigenvalue weighted by atomic mass is 10.1. The number of ether oxygens (including phenoxy) is 2. The Hall–Kier alpha value is -3.26. The van der Waals surface area contributed by atoms with E-state index in [4.69, 9.17) is 26.8 Å². The maximum absolute atomic E-state index is 13.7. The highest BCUT2D eigenvalue weighted by Gasteiger charge is 2.23. The van der Waals surface area contributed by atoms with Crippen LogP contribution in [0.25, 0.3) is 11.3 Å². The second-order valence-corrected chi connectivity index (χ2v) is 5.82. The van der Waals surface area contributed by atoms with Gasteiger partial charge in [0.15, 0.2) is 0 Å². The number of carbonyl (C=O) groups is 1. The molecule has 0 spiro atoms. The molecule has 2 aromatic heterocycles. The Bertz CT molecular complexity index is 969. The molecular weight excluding hydrogens is 375 g/mol. The Morgan fingerprint density at radius 1 is 1.19 bits per heavy atom. The minimum Gasteiger partial charge on any atom is -0.496 e. The smallest absolute Gasteiger partial charge is 0.264 e. The van der Waals surface area contributed by atoms with Gasteiger partial charge in [-0.3, -0.25) is 4.79 Å². The summed E-state index contributed by atoms with van der Waals surface area (Å²) >= 11 is 5.78. The van der Waals surface area contributed by atoms with Crippen LogP contribution in [0.5, 0.6) is 11.6 Å². The van der Waals surface area contributed by atoms with E-state index >= 15 is 0 Å². The number of nitrogens with two attached hydrogens (primary N) is 1. The van der Waals surface area contributed by atoms with Crippen LogP contribution >= 0.6 is 11.6 Å². The SMILES string of the molecule is COc1ccc(F)cc1-c1cc(C(Oc2ccc(Cl)cn2)C(N)=O)ncn1. The first kappa shape index (κ1) is 18.5. The number of primary amides is 1. The molecule has 0 fully saturated rings. The van der Waals surface area contributed by atoms with Crippen molar-refractivity contribution < 1.29 is 18.7 Å². The highest BCUT2D eigenvalue weighted by atomic mass is 35.5. The summed E-state index contributed by atoms with van der Waals surface area (Å²) in [7, 11) is 1.46. The van der Waals surface area contributed by atoms with Crippen LogP contribution in [0.2, 0.25) is 5.02 Å². The monoisotopic (exact) mass is 388 g/mol. The van der Waals surface area contributed by atoms with Crippen LogP contribution in [-0.4, -0.2) is 28.0 Å². The number of rotatable bonds is 6. The van der Waals surface area contributed by atoms with Gasteiger partial charge < -0.3 is 15.2 Å². The predicted octanol–water partition coefficient (Wildman–Crippen LogP) is 2.95. The van der Waals surface area contributed by atoms with Crippen molar-refractivity contribution in [3.63, 3.8) is 0 Å². The van der Waals surface area contributed by atoms with Gasteiger partial charge in [-0.25, -0.2) is 19.3 Å². The normalized spacial score (nSPS) is 11.7. The Morgan fingerprint density at radius 3 is 2.67 bits per heavy atom. The molecular formula is C18H14ClFN4O3. The third-order valence-corrected chi connectivity index (χ3v) is 3.82. The molecule has 0 saturated carbocycles. The Labute approximate surface area is 158 Å². The summed E-state index contributed by atoms with van der Waals surface area (Å²) in [5.41, 5.74) is 6.38. The van der Waals surface area contributed by atoms with Gasteiger partial charge in [0.25, 0.3) is 5.91 Å². The van der Waals surface area contributed by atoms with Crippen molar-refractivity contribution in [2.75, 3.05) is 7.11 Å². The highest BCUT2D eigenvalue weighted by molar-refractivity contribution is 6.30. The van der Waals surface area contributed by atoms with Crippen LogP contribution in [0.4, 0.5) is 4.39 Å². The lowest BCUT2D eigenvalue weighted by Gasteiger charge is -2.15. The number of hydrogen-bond donors (Lipinski definition) is 1. The number of aromatic nitrogens is 3. The molecule has 2 N–H and O–H groups in total. The fraction of sp³-hybridized carbons (Fsp3) is 0.111. The van der Waals surface area contributed by atoms with E-state index in [1.807, 2.05) is 0 Å². The molecule has 0 saturated heterocycles. The van der Waals surface area contributed by atoms with Crippen molar-refractivity contribution in [2.45, 2.75) is 6.10 Å². The van der Waals surface area contributed by atoms with Crippen molar-refractivity contribution in [1.82, 2.24) is 15.0 Å². The zero-order valence-electron chi connectivity index (χ0n) is 14.1. The molecule has 1 atom stereocenters. The van der Waals surface area contributed by atoms with E-state index in [0.29, 0.717) is 22.0 Å². The number of nitrogens with zero attached hydrogens (tertiary/aromatic N) is 3. The summed E-state index contributed by atoms with van der Waals surface area (Å²) in [6, 6.07) is 8.55. The van der Waals surface area contributed by atoms with E-state index in [1.165, 1.54) is 50.0 Å². The number of amides is 1. The third kappa shape index (κ3) is 4.29. The quantitative estimate of drug-likeness (QED) is 0.696. The van der Waals surface area contributed by atoms with Crippen molar-refractivity contribution in [3.05, 3.63) is 65.5 Å². The van der Waals surface area contributed by atoms with Crippen LogP contribution in [-0.2, 0) is 4.79 Å². The molecule has 3 aromatic rings. The minimum atomic E-state index is -1.22. The number of pyridine rings is 1. The summed E-state index contributed by atoms with van der Waals surface area (Å²) in [5, 5.41) is 0.417. The summed E-state index contributed by atoms with van der Waals surface area (Å²) in [6.45, 7) is 0. The average molecular weight is 389 g/mol. The standard InChI is InChI=1S/C18H14ClFN4O3/c1-26-15-4-3-11(20)6-12(15)13-7-14(24-9-23-13)17(18(21)25)27-16-5-2-10(19)8-22-16/h2-9,17H,1H3,(H2,21,25). The number of carbonyl (C=O) groups excluding carboxylic acids is 1. The van der Waals surface area contributed by atoms with Crippen molar-refractivity contribution in [1.29, 1.82) is 0 Å². The highest BCUT2D eigenvalue weighted by Crippen LogP contribution is 2.30. The molecule has 0 bridgehead atoms. The molecule has 1 aromatic carbocycles. The van der Waals surface area contributed by atoms with Gasteiger partial charge >= 0.3 is 0 Å². The van der Waals surface area contributed by atoms with Gasteiger partial charge in [0, 0.05) is 17.8 Å². The molecule has 0 aliphatic rings. The second-order valence-electron chi connectivity index (χ2n) is 5.39. The van der Waals surface area contributed by atoms with Gasteiger partial charge in [-0.05, 0) is 30.3 Å². The van der Waals surface area contributed by atoms with E-state index in [-0.39, 0.29) is 11.6 Å². The van der Waals surface area contributed by atoms with E-state index in [9.17, 15) is 9.18 Å². The molecule has 7 nitrogen and oxygen atoms in total. The number of hydrogen-bond acceptors (Lipinski definition) is 6. The van der Waals surface area contributed by atoms with Gasteiger partial charge in [-0.2, -0.15) is 0 Å². The van der Waals surface area contributed by atoms with E-state index in [0.717, 1.165) is 0 Å². The summed E-state index contributed by atoms with van der Waals surface area (Å²) < 4.78 is 24.4. The molecule has 0 radical (unpaired) electrons. The Balaban J connectivity index is 1.98. The molecule has 27 heavy (non-hydrogen) atoms. The lowest BCUT2D eigenvalue weighted by Crippen LogP contribution is -2.27. The molecule has 0 aliphatic carbocycles. The maximum Gasteiger partial charge on any atom is 0.264 e. The number of benzene rings is 1. The topological polar surface area (TPSA) is 100 Å². The summed E-state index contributed by atoms with van der Waals surface area (Å²) in [5.74, 6) is -0.676. The van der Waals surface area contributed by atoms with Crippen molar-refractivity contribution in [2.24, 2.45) is 5.73 Å². The third-order valence-electron chi connectivity index (χ3n) is 3.59. The van der Waals surface area contributed by atoms with Gasteiger partial charge in [-0.1, -0.05) is 11.6 Å². The molecule has 138 valence electrons. The predicted molar refractivity (Wildman–Crippen MR) is 95.8 cm³/mol. The van der Waals surface area contributed by atoms with Gasteiger partial charge in [0.2, 0.25) is 12.0 Å². The number of methoxy groups -OCH3 is 1. The minimum absolute atomic E-state index is 0.145. The van der Waals surface area contributed by atoms with Crippen LogP contribution in [0, 0.1) is 5.82 Å². The van der Waals surface area contributed by atoms with Crippen molar-refractivity contribution >= 4 is 17.5 Å². The zero-order chi connectivity index (χ0) is 19.4. The van der Waals surface area contributed by atoms with Crippen LogP contribution in [0.3, 0.4) is 0 Å². The van der Waals surface area contributed by atoms with Gasteiger partial charge in [-0.15, -0.1) is 0 Å². The molecule has 9 heteroatoms. The summed E-state index contributed by atoms with van der Waals surface area (Å²) in [6.07, 6.45) is 1.38. The van der Waals surface area contributed by atoms with E-state index in [2.05, 4.69) is 15.0 Å². The largest absolute Gasteiger partial charge is 0.496 e. The fourth-order valence-electron chi connectivity index (χ4n) is 2.36. The maximum atomic E-state index is 13.7. The van der Waals surface area contributed by atoms with Crippen molar-refractivity contribution in [3.8, 4) is 22.9 Å². The lowest BCUT2D eigenvalue weighted by molar-refractivity contribution is -0.125. The first-order valence-electron chi connectivity index (χ1n) is 7.71. The van der Waals surface area contributed by atoms with Crippen LogP contribution in [0.15, 0.2) is 48.9 Å². The number of halogens is 2. The second kappa shape index (κ2) is 7.96.